The lowest BCUT2D eigenvalue weighted by molar-refractivity contribution is -0.276. The predicted molar refractivity (Wildman–Crippen MR) is 172 cm³/mol. The molecule has 2 heterocycles. The Labute approximate surface area is 269 Å². The molecule has 0 bridgehead atoms. The molecule has 0 aromatic heterocycles. The zero-order valence-corrected chi connectivity index (χ0v) is 26.8. The molecule has 5 rings (SSSR count). The van der Waals surface area contributed by atoms with Crippen molar-refractivity contribution in [1.29, 1.82) is 0 Å². The number of hydrogen-bond acceptors (Lipinski definition) is 9. The molecule has 11 heteroatoms. The van der Waals surface area contributed by atoms with E-state index in [4.69, 9.17) is 23.7 Å². The van der Waals surface area contributed by atoms with Crippen molar-refractivity contribution < 1.29 is 38.4 Å². The fourth-order valence-electron chi connectivity index (χ4n) is 5.98. The molecule has 3 N–H and O–H groups in total. The normalized spacial score (nSPS) is 21.2. The van der Waals surface area contributed by atoms with Gasteiger partial charge in [0.1, 0.15) is 6.54 Å². The first-order chi connectivity index (χ1) is 22.3. The smallest absolute Gasteiger partial charge is 0.325 e. The number of carbonyl (C=O) groups excluding carboxylic acids is 2. The van der Waals surface area contributed by atoms with Crippen LogP contribution in [0.1, 0.15) is 54.1 Å². The number of anilines is 1. The zero-order chi connectivity index (χ0) is 32.6. The first kappa shape index (κ1) is 33.2. The van der Waals surface area contributed by atoms with Crippen LogP contribution in [-0.2, 0) is 38.6 Å². The number of esters is 1. The van der Waals surface area contributed by atoms with Crippen LogP contribution in [0, 0.1) is 5.92 Å². The van der Waals surface area contributed by atoms with Crippen LogP contribution < -0.4 is 20.1 Å². The van der Waals surface area contributed by atoms with Crippen LogP contribution in [0.4, 0.5) is 10.5 Å². The van der Waals surface area contributed by atoms with E-state index in [1.165, 1.54) is 11.1 Å². The number of nitrogens with zero attached hydrogens (tertiary/aromatic N) is 1. The molecule has 1 saturated heterocycles. The van der Waals surface area contributed by atoms with Crippen LogP contribution >= 0.6 is 0 Å². The lowest BCUT2D eigenvalue weighted by Crippen LogP contribution is -2.45. The SMILES string of the molecule is CCOC(=O)CNC(=O)Nc1cccc([C@H]2O[C@@H](CN3CCc4cc(OC)c(OC)cc4C3)[C@@H](C)[C@@H](c3ccc(CO)cc3)O2)c1. The summed E-state index contributed by atoms with van der Waals surface area (Å²) in [5.41, 5.74) is 5.56. The van der Waals surface area contributed by atoms with Gasteiger partial charge < -0.3 is 39.4 Å². The number of fused-ring (bicyclic) bond motifs is 1. The molecule has 1 fully saturated rings. The molecular weight excluding hydrogens is 590 g/mol. The number of urea groups is 1. The van der Waals surface area contributed by atoms with Gasteiger partial charge in [0.2, 0.25) is 0 Å². The van der Waals surface area contributed by atoms with Gasteiger partial charge in [0.15, 0.2) is 17.8 Å². The summed E-state index contributed by atoms with van der Waals surface area (Å²) in [5.74, 6) is 0.957. The molecule has 2 aliphatic rings. The van der Waals surface area contributed by atoms with Gasteiger partial charge in [-0.15, -0.1) is 0 Å². The molecule has 3 aromatic rings. The summed E-state index contributed by atoms with van der Waals surface area (Å²) >= 11 is 0. The van der Waals surface area contributed by atoms with Gasteiger partial charge in [-0.2, -0.15) is 0 Å². The summed E-state index contributed by atoms with van der Waals surface area (Å²) in [6, 6.07) is 18.7. The van der Waals surface area contributed by atoms with E-state index in [1.54, 1.807) is 27.2 Å². The van der Waals surface area contributed by atoms with E-state index in [2.05, 4.69) is 34.6 Å². The van der Waals surface area contributed by atoms with E-state index in [0.29, 0.717) is 18.0 Å². The summed E-state index contributed by atoms with van der Waals surface area (Å²) in [5, 5.41) is 14.9. The van der Waals surface area contributed by atoms with Crippen LogP contribution in [0.2, 0.25) is 0 Å². The molecule has 2 aliphatic heterocycles. The molecule has 0 saturated carbocycles. The second-order valence-corrected chi connectivity index (χ2v) is 11.5. The standard InChI is InChI=1S/C35H43N3O8/c1-5-44-32(40)18-36-35(41)37-28-8-6-7-26(15-28)34-45-31(22(2)33(46-34)24-11-9-23(21-39)10-12-24)20-38-14-13-25-16-29(42-3)30(43-4)17-27(25)19-38/h6-12,15-17,22,31,33-34,39H,5,13-14,18-21H2,1-4H3,(H2,36,37,41)/t22-,31+,33+,34+/m1/s1. The number of amides is 2. The Kier molecular flexibility index (Phi) is 11.1. The van der Waals surface area contributed by atoms with Gasteiger partial charge in [-0.05, 0) is 59.9 Å². The summed E-state index contributed by atoms with van der Waals surface area (Å²) in [6.07, 6.45) is -0.265. The monoisotopic (exact) mass is 633 g/mol. The number of carbonyl (C=O) groups is 2. The van der Waals surface area contributed by atoms with E-state index in [9.17, 15) is 14.7 Å². The number of hydrogen-bond donors (Lipinski definition) is 3. The molecule has 246 valence electrons. The molecule has 3 aromatic carbocycles. The average molecular weight is 634 g/mol. The maximum absolute atomic E-state index is 12.4. The Bertz CT molecular complexity index is 1500. The third kappa shape index (κ3) is 7.97. The predicted octanol–water partition coefficient (Wildman–Crippen LogP) is 4.73. The second-order valence-electron chi connectivity index (χ2n) is 11.5. The minimum absolute atomic E-state index is 0.0120. The summed E-state index contributed by atoms with van der Waals surface area (Å²) in [4.78, 5) is 26.5. The fraction of sp³-hybridized carbons (Fsp3) is 0.429. The average Bonchev–Trinajstić information content (AvgIpc) is 3.08. The Morgan fingerprint density at radius 2 is 1.72 bits per heavy atom. The van der Waals surface area contributed by atoms with Crippen LogP contribution in [0.3, 0.4) is 0 Å². The van der Waals surface area contributed by atoms with Crippen molar-refractivity contribution in [2.75, 3.05) is 45.8 Å². The number of aliphatic hydroxyl groups excluding tert-OH is 1. The van der Waals surface area contributed by atoms with Crippen LogP contribution in [-0.4, -0.2) is 68.6 Å². The highest BCUT2D eigenvalue weighted by Crippen LogP contribution is 2.43. The number of nitrogens with one attached hydrogen (secondary N) is 2. The number of aliphatic hydroxyl groups is 1. The van der Waals surface area contributed by atoms with Crippen molar-refractivity contribution in [2.24, 2.45) is 5.92 Å². The maximum atomic E-state index is 12.4. The van der Waals surface area contributed by atoms with Crippen LogP contribution in [0.5, 0.6) is 11.5 Å². The van der Waals surface area contributed by atoms with E-state index in [-0.39, 0.29) is 37.9 Å². The molecule has 0 spiro atoms. The first-order valence-corrected chi connectivity index (χ1v) is 15.6. The third-order valence-electron chi connectivity index (χ3n) is 8.47. The van der Waals surface area contributed by atoms with Gasteiger partial charge in [-0.1, -0.05) is 43.3 Å². The number of benzene rings is 3. The van der Waals surface area contributed by atoms with Gasteiger partial charge in [-0.25, -0.2) is 4.79 Å². The van der Waals surface area contributed by atoms with E-state index in [0.717, 1.165) is 42.0 Å². The Hall–Kier alpha value is -4.16. The first-order valence-electron chi connectivity index (χ1n) is 15.6. The van der Waals surface area contributed by atoms with E-state index >= 15 is 0 Å². The Balaban J connectivity index is 1.35. The van der Waals surface area contributed by atoms with Gasteiger partial charge in [0.25, 0.3) is 0 Å². The van der Waals surface area contributed by atoms with Gasteiger partial charge in [-0.3, -0.25) is 9.69 Å². The molecular formula is C35H43N3O8. The van der Waals surface area contributed by atoms with Crippen LogP contribution in [0.15, 0.2) is 60.7 Å². The molecule has 4 atom stereocenters. The highest BCUT2D eigenvalue weighted by atomic mass is 16.7. The lowest BCUT2D eigenvalue weighted by Gasteiger charge is -2.43. The van der Waals surface area contributed by atoms with Crippen molar-refractivity contribution in [3.8, 4) is 11.5 Å². The number of ether oxygens (including phenoxy) is 5. The highest BCUT2D eigenvalue weighted by molar-refractivity contribution is 5.91. The number of methoxy groups -OCH3 is 2. The molecule has 0 aliphatic carbocycles. The van der Waals surface area contributed by atoms with Gasteiger partial charge >= 0.3 is 12.0 Å². The second kappa shape index (κ2) is 15.4. The van der Waals surface area contributed by atoms with Gasteiger partial charge in [0, 0.05) is 36.8 Å². The largest absolute Gasteiger partial charge is 0.493 e. The minimum atomic E-state index is -0.700. The molecule has 11 nitrogen and oxygen atoms in total. The highest BCUT2D eigenvalue weighted by Gasteiger charge is 2.39. The van der Waals surface area contributed by atoms with Crippen molar-refractivity contribution >= 4 is 17.7 Å². The zero-order valence-electron chi connectivity index (χ0n) is 26.8. The van der Waals surface area contributed by atoms with E-state index < -0.39 is 18.3 Å². The van der Waals surface area contributed by atoms with Crippen molar-refractivity contribution in [1.82, 2.24) is 10.2 Å². The maximum Gasteiger partial charge on any atom is 0.325 e. The Morgan fingerprint density at radius 1 is 0.978 bits per heavy atom. The molecule has 2 amide bonds. The Morgan fingerprint density at radius 3 is 2.41 bits per heavy atom. The molecule has 0 unspecified atom stereocenters. The van der Waals surface area contributed by atoms with Gasteiger partial charge in [0.05, 0.1) is 39.6 Å². The fourth-order valence-corrected chi connectivity index (χ4v) is 5.98. The minimum Gasteiger partial charge on any atom is -0.493 e. The molecule has 0 radical (unpaired) electrons. The molecule has 46 heavy (non-hydrogen) atoms. The van der Waals surface area contributed by atoms with E-state index in [1.807, 2.05) is 42.5 Å². The number of rotatable bonds is 11. The third-order valence-corrected chi connectivity index (χ3v) is 8.47. The summed E-state index contributed by atoms with van der Waals surface area (Å²) < 4.78 is 29.2. The lowest BCUT2D eigenvalue weighted by atomic mass is 9.89. The summed E-state index contributed by atoms with van der Waals surface area (Å²) in [7, 11) is 3.30. The quantitative estimate of drug-likeness (QED) is 0.257. The van der Waals surface area contributed by atoms with Crippen molar-refractivity contribution in [3.63, 3.8) is 0 Å². The topological polar surface area (TPSA) is 128 Å². The van der Waals surface area contributed by atoms with Crippen LogP contribution in [0.25, 0.3) is 0 Å². The van der Waals surface area contributed by atoms with Crippen molar-refractivity contribution in [3.05, 3.63) is 88.5 Å². The van der Waals surface area contributed by atoms with Crippen molar-refractivity contribution in [2.45, 2.75) is 51.9 Å². The summed E-state index contributed by atoms with van der Waals surface area (Å²) in [6.45, 7) is 6.15.